The van der Waals surface area contributed by atoms with Gasteiger partial charge < -0.3 is 15.6 Å². The van der Waals surface area contributed by atoms with E-state index in [1.54, 1.807) is 0 Å². The second kappa shape index (κ2) is 6.36. The lowest BCUT2D eigenvalue weighted by molar-refractivity contribution is -0.147. The molecule has 6 nitrogen and oxygen atoms in total. The van der Waals surface area contributed by atoms with E-state index in [2.05, 4.69) is 20.6 Å². The van der Waals surface area contributed by atoms with Crippen LogP contribution in [0.3, 0.4) is 0 Å². The van der Waals surface area contributed by atoms with E-state index in [0.29, 0.717) is 6.54 Å². The molecule has 4 saturated carbocycles. The van der Waals surface area contributed by atoms with Crippen molar-refractivity contribution in [3.63, 3.8) is 0 Å². The fraction of sp³-hybridized carbons (Fsp3) is 0.571. The van der Waals surface area contributed by atoms with E-state index in [9.17, 15) is 9.59 Å². The monoisotopic (exact) mass is 366 g/mol. The summed E-state index contributed by atoms with van der Waals surface area (Å²) in [7, 11) is 0. The van der Waals surface area contributed by atoms with Crippen LogP contribution < -0.4 is 10.6 Å². The number of nitrogens with zero attached hydrogens (tertiary/aromatic N) is 1. The van der Waals surface area contributed by atoms with Gasteiger partial charge in [0.15, 0.2) is 0 Å². The Kier molecular flexibility index (Phi) is 3.95. The third-order valence-electron chi connectivity index (χ3n) is 6.82. The maximum atomic E-state index is 12.9. The molecule has 0 aliphatic heterocycles. The van der Waals surface area contributed by atoms with Crippen molar-refractivity contribution in [2.24, 2.45) is 23.2 Å². The number of nitrogens with one attached hydrogen (secondary N) is 3. The van der Waals surface area contributed by atoms with Crippen molar-refractivity contribution in [1.29, 1.82) is 0 Å². The van der Waals surface area contributed by atoms with Crippen LogP contribution in [-0.2, 0) is 16.1 Å². The zero-order chi connectivity index (χ0) is 18.4. The number of para-hydroxylation sites is 2. The largest absolute Gasteiger partial charge is 0.347 e. The fourth-order valence-corrected chi connectivity index (χ4v) is 6.07. The van der Waals surface area contributed by atoms with Gasteiger partial charge in [0, 0.05) is 5.41 Å². The number of amides is 2. The number of hydrogen-bond acceptors (Lipinski definition) is 3. The molecule has 0 atom stereocenters. The molecular weight excluding hydrogens is 340 g/mol. The van der Waals surface area contributed by atoms with Gasteiger partial charge in [0.2, 0.25) is 11.8 Å². The number of aromatic nitrogens is 2. The van der Waals surface area contributed by atoms with Gasteiger partial charge in [0.1, 0.15) is 5.82 Å². The van der Waals surface area contributed by atoms with Gasteiger partial charge in [-0.25, -0.2) is 4.98 Å². The van der Waals surface area contributed by atoms with Crippen molar-refractivity contribution in [3.05, 3.63) is 30.1 Å². The van der Waals surface area contributed by atoms with Gasteiger partial charge in [-0.3, -0.25) is 9.59 Å². The molecule has 6 heteroatoms. The number of aromatic amines is 1. The summed E-state index contributed by atoms with van der Waals surface area (Å²) in [6.45, 7) is 0.377. The van der Waals surface area contributed by atoms with Gasteiger partial charge in [0.05, 0.1) is 24.1 Å². The first-order valence-electron chi connectivity index (χ1n) is 10.1. The van der Waals surface area contributed by atoms with E-state index in [1.807, 2.05) is 24.3 Å². The Balaban J connectivity index is 1.14. The van der Waals surface area contributed by atoms with Crippen molar-refractivity contribution in [1.82, 2.24) is 20.6 Å². The van der Waals surface area contributed by atoms with Crippen molar-refractivity contribution in [2.75, 3.05) is 6.54 Å². The average molecular weight is 366 g/mol. The van der Waals surface area contributed by atoms with Crippen LogP contribution in [0.5, 0.6) is 0 Å². The normalized spacial score (nSPS) is 31.2. The topological polar surface area (TPSA) is 86.9 Å². The van der Waals surface area contributed by atoms with Gasteiger partial charge in [-0.2, -0.15) is 0 Å². The molecule has 2 aromatic rings. The molecule has 0 spiro atoms. The summed E-state index contributed by atoms with van der Waals surface area (Å²) in [5.74, 6) is 2.82. The van der Waals surface area contributed by atoms with Gasteiger partial charge >= 0.3 is 0 Å². The fourth-order valence-electron chi connectivity index (χ4n) is 6.07. The molecular formula is C21H26N4O2. The summed E-state index contributed by atoms with van der Waals surface area (Å²) < 4.78 is 0. The van der Waals surface area contributed by atoms with Crippen LogP contribution in [0.15, 0.2) is 24.3 Å². The molecule has 27 heavy (non-hydrogen) atoms. The molecule has 0 radical (unpaired) electrons. The molecule has 2 amide bonds. The number of H-pyrrole nitrogens is 1. The highest BCUT2D eigenvalue weighted by atomic mass is 16.2. The number of carbonyl (C=O) groups excluding carboxylic acids is 2. The zero-order valence-electron chi connectivity index (χ0n) is 15.5. The first kappa shape index (κ1) is 16.8. The highest BCUT2D eigenvalue weighted by Crippen LogP contribution is 2.60. The van der Waals surface area contributed by atoms with E-state index in [-0.39, 0.29) is 23.8 Å². The average Bonchev–Trinajstić information content (AvgIpc) is 3.06. The first-order valence-corrected chi connectivity index (χ1v) is 10.1. The predicted molar refractivity (Wildman–Crippen MR) is 102 cm³/mol. The Morgan fingerprint density at radius 3 is 2.37 bits per heavy atom. The molecule has 4 aliphatic rings. The lowest BCUT2D eigenvalue weighted by atomic mass is 9.49. The van der Waals surface area contributed by atoms with Crippen LogP contribution in [0, 0.1) is 23.2 Å². The van der Waals surface area contributed by atoms with Crippen molar-refractivity contribution in [2.45, 2.75) is 45.1 Å². The molecule has 1 aromatic carbocycles. The molecule has 3 N–H and O–H groups in total. The maximum Gasteiger partial charge on any atom is 0.239 e. The molecule has 4 fully saturated rings. The zero-order valence-corrected chi connectivity index (χ0v) is 15.5. The van der Waals surface area contributed by atoms with E-state index < -0.39 is 0 Å². The predicted octanol–water partition coefficient (Wildman–Crippen LogP) is 2.51. The molecule has 4 aliphatic carbocycles. The third kappa shape index (κ3) is 3.11. The van der Waals surface area contributed by atoms with Crippen LogP contribution in [0.1, 0.15) is 44.3 Å². The second-order valence-electron chi connectivity index (χ2n) is 8.86. The Morgan fingerprint density at radius 2 is 1.70 bits per heavy atom. The van der Waals surface area contributed by atoms with Gasteiger partial charge in [-0.05, 0) is 68.4 Å². The minimum atomic E-state index is -0.201. The van der Waals surface area contributed by atoms with Crippen molar-refractivity contribution in [3.8, 4) is 0 Å². The lowest BCUT2D eigenvalue weighted by Gasteiger charge is -2.55. The summed E-state index contributed by atoms with van der Waals surface area (Å²) in [6, 6.07) is 7.77. The quantitative estimate of drug-likeness (QED) is 0.760. The summed E-state index contributed by atoms with van der Waals surface area (Å²) in [6.07, 6.45) is 6.99. The summed E-state index contributed by atoms with van der Waals surface area (Å²) in [4.78, 5) is 32.7. The van der Waals surface area contributed by atoms with Crippen LogP contribution in [0.2, 0.25) is 0 Å². The molecule has 0 unspecified atom stereocenters. The van der Waals surface area contributed by atoms with E-state index >= 15 is 0 Å². The van der Waals surface area contributed by atoms with E-state index in [1.165, 1.54) is 19.3 Å². The Labute approximate surface area is 158 Å². The SMILES string of the molecule is O=C(CNC(=O)C12CC3CC(CC(C3)C1)C2)NCc1nc2ccccc2[nH]1. The number of carbonyl (C=O) groups is 2. The van der Waals surface area contributed by atoms with Gasteiger partial charge in [0.25, 0.3) is 0 Å². The lowest BCUT2D eigenvalue weighted by Crippen LogP contribution is -2.54. The highest BCUT2D eigenvalue weighted by Gasteiger charge is 2.54. The van der Waals surface area contributed by atoms with Crippen LogP contribution in [-0.4, -0.2) is 28.3 Å². The highest BCUT2D eigenvalue weighted by molar-refractivity contribution is 5.88. The van der Waals surface area contributed by atoms with E-state index in [4.69, 9.17) is 0 Å². The summed E-state index contributed by atoms with van der Waals surface area (Å²) >= 11 is 0. The van der Waals surface area contributed by atoms with Crippen molar-refractivity contribution < 1.29 is 9.59 Å². The molecule has 0 saturated heterocycles. The number of benzene rings is 1. The Bertz CT molecular complexity index is 819. The minimum absolute atomic E-state index is 0.0425. The Morgan fingerprint density at radius 1 is 1.04 bits per heavy atom. The number of fused-ring (bicyclic) bond motifs is 1. The van der Waals surface area contributed by atoms with Crippen LogP contribution in [0.25, 0.3) is 11.0 Å². The van der Waals surface area contributed by atoms with Crippen LogP contribution in [0.4, 0.5) is 0 Å². The molecule has 142 valence electrons. The number of rotatable bonds is 5. The maximum absolute atomic E-state index is 12.9. The molecule has 1 aromatic heterocycles. The number of hydrogen-bond donors (Lipinski definition) is 3. The van der Waals surface area contributed by atoms with Crippen molar-refractivity contribution >= 4 is 22.8 Å². The smallest absolute Gasteiger partial charge is 0.239 e. The molecule has 6 rings (SSSR count). The van der Waals surface area contributed by atoms with E-state index in [0.717, 1.165) is 53.9 Å². The van der Waals surface area contributed by atoms with Crippen LogP contribution >= 0.6 is 0 Å². The summed E-state index contributed by atoms with van der Waals surface area (Å²) in [5.41, 5.74) is 1.64. The minimum Gasteiger partial charge on any atom is -0.347 e. The molecule has 1 heterocycles. The molecule has 4 bridgehead atoms. The first-order chi connectivity index (χ1) is 13.1. The van der Waals surface area contributed by atoms with Gasteiger partial charge in [-0.15, -0.1) is 0 Å². The standard InChI is InChI=1S/C21H26N4O2/c26-19(22-11-18-24-16-3-1-2-4-17(16)25-18)12-23-20(27)21-8-13-5-14(9-21)7-15(6-13)10-21/h1-4,13-15H,5-12H2,(H,22,26)(H,23,27)(H,24,25). The number of imidazole rings is 1. The Hall–Kier alpha value is -2.37. The van der Waals surface area contributed by atoms with Gasteiger partial charge in [-0.1, -0.05) is 12.1 Å². The second-order valence-corrected chi connectivity index (χ2v) is 8.86. The summed E-state index contributed by atoms with van der Waals surface area (Å²) in [5, 5.41) is 5.76. The third-order valence-corrected chi connectivity index (χ3v) is 6.82.